The van der Waals surface area contributed by atoms with Gasteiger partial charge in [-0.15, -0.1) is 0 Å². The molecule has 1 aliphatic heterocycles. The van der Waals surface area contributed by atoms with Crippen LogP contribution in [0.4, 0.5) is 4.39 Å². The minimum Gasteiger partial charge on any atom is -0.338 e. The summed E-state index contributed by atoms with van der Waals surface area (Å²) in [7, 11) is 1.79. The Morgan fingerprint density at radius 1 is 1.59 bits per heavy atom. The highest BCUT2D eigenvalue weighted by Gasteiger charge is 2.25. The summed E-state index contributed by atoms with van der Waals surface area (Å²) in [5.74, 6) is 1.55. The molecule has 2 nitrogen and oxygen atoms in total. The summed E-state index contributed by atoms with van der Waals surface area (Å²) in [4.78, 5) is 13.9. The van der Waals surface area contributed by atoms with Crippen molar-refractivity contribution in [3.8, 4) is 0 Å². The van der Waals surface area contributed by atoms with Gasteiger partial charge in [0.1, 0.15) is 5.82 Å². The van der Waals surface area contributed by atoms with Crippen molar-refractivity contribution in [2.24, 2.45) is 0 Å². The Labute approximate surface area is 113 Å². The lowest BCUT2D eigenvalue weighted by Gasteiger charge is -2.24. The van der Waals surface area contributed by atoms with Gasteiger partial charge < -0.3 is 4.90 Å². The molecule has 1 unspecified atom stereocenters. The maximum atomic E-state index is 13.2. The normalized spacial score (nSPS) is 19.4. The van der Waals surface area contributed by atoms with Crippen molar-refractivity contribution in [3.05, 3.63) is 34.1 Å². The number of carbonyl (C=O) groups excluding carboxylic acids is 1. The zero-order valence-electron chi connectivity index (χ0n) is 9.45. The molecule has 1 saturated heterocycles. The zero-order valence-corrected chi connectivity index (χ0v) is 11.9. The van der Waals surface area contributed by atoms with Gasteiger partial charge in [-0.05, 0) is 46.3 Å². The first-order chi connectivity index (χ1) is 8.09. The Morgan fingerprint density at radius 2 is 2.35 bits per heavy atom. The second kappa shape index (κ2) is 5.40. The summed E-state index contributed by atoms with van der Waals surface area (Å²) < 4.78 is 13.8. The smallest absolute Gasteiger partial charge is 0.255 e. The van der Waals surface area contributed by atoms with Gasteiger partial charge in [-0.3, -0.25) is 4.79 Å². The first-order valence-electron chi connectivity index (χ1n) is 5.39. The lowest BCUT2D eigenvalue weighted by Crippen LogP contribution is -2.37. The van der Waals surface area contributed by atoms with E-state index in [1.54, 1.807) is 18.0 Å². The maximum absolute atomic E-state index is 13.2. The Hall–Kier alpha value is -0.550. The first kappa shape index (κ1) is 12.9. The molecule has 0 aromatic heterocycles. The number of rotatable bonds is 2. The molecule has 92 valence electrons. The third-order valence-electron chi connectivity index (χ3n) is 2.93. The fraction of sp³-hybridized carbons (Fsp3) is 0.417. The van der Waals surface area contributed by atoms with Crippen LogP contribution in [0, 0.1) is 5.82 Å². The van der Waals surface area contributed by atoms with Gasteiger partial charge in [0.2, 0.25) is 0 Å². The van der Waals surface area contributed by atoms with Gasteiger partial charge in [-0.25, -0.2) is 4.39 Å². The maximum Gasteiger partial charge on any atom is 0.255 e. The second-order valence-electron chi connectivity index (χ2n) is 4.06. The van der Waals surface area contributed by atoms with Crippen LogP contribution in [0.3, 0.4) is 0 Å². The molecule has 1 atom stereocenters. The molecule has 1 aromatic rings. The monoisotopic (exact) mass is 317 g/mol. The largest absolute Gasteiger partial charge is 0.338 e. The highest BCUT2D eigenvalue weighted by atomic mass is 79.9. The number of hydrogen-bond acceptors (Lipinski definition) is 2. The predicted octanol–water partition coefficient (Wildman–Crippen LogP) is 3.17. The van der Waals surface area contributed by atoms with Crippen LogP contribution < -0.4 is 0 Å². The quantitative estimate of drug-likeness (QED) is 0.835. The number of halogens is 2. The molecular formula is C12H13BrFNOS. The molecule has 0 N–H and O–H groups in total. The number of nitrogens with zero attached hydrogens (tertiary/aromatic N) is 1. The Balaban J connectivity index is 2.20. The molecule has 1 fully saturated rings. The van der Waals surface area contributed by atoms with E-state index in [0.717, 1.165) is 17.9 Å². The average molecular weight is 318 g/mol. The lowest BCUT2D eigenvalue weighted by molar-refractivity contribution is 0.0746. The Kier molecular flexibility index (Phi) is 4.09. The van der Waals surface area contributed by atoms with E-state index in [0.29, 0.717) is 10.0 Å². The summed E-state index contributed by atoms with van der Waals surface area (Å²) in [5, 5.41) is 0. The fourth-order valence-electron chi connectivity index (χ4n) is 1.84. The van der Waals surface area contributed by atoms with Crippen LogP contribution in [0.2, 0.25) is 0 Å². The van der Waals surface area contributed by atoms with Crippen LogP contribution in [0.25, 0.3) is 0 Å². The van der Waals surface area contributed by atoms with E-state index >= 15 is 0 Å². The van der Waals surface area contributed by atoms with E-state index in [9.17, 15) is 9.18 Å². The van der Waals surface area contributed by atoms with E-state index in [-0.39, 0.29) is 17.8 Å². The molecule has 17 heavy (non-hydrogen) atoms. The number of thioether (sulfide) groups is 1. The molecule has 0 aliphatic carbocycles. The van der Waals surface area contributed by atoms with E-state index < -0.39 is 0 Å². The third-order valence-corrected chi connectivity index (χ3v) is 4.77. The highest BCUT2D eigenvalue weighted by molar-refractivity contribution is 9.10. The van der Waals surface area contributed by atoms with Gasteiger partial charge in [-0.1, -0.05) is 0 Å². The molecule has 1 heterocycles. The zero-order chi connectivity index (χ0) is 12.4. The van der Waals surface area contributed by atoms with E-state index in [4.69, 9.17) is 0 Å². The Morgan fingerprint density at radius 3 is 3.00 bits per heavy atom. The summed E-state index contributed by atoms with van der Waals surface area (Å²) in [6.07, 6.45) is 1.01. The topological polar surface area (TPSA) is 20.3 Å². The van der Waals surface area contributed by atoms with Crippen molar-refractivity contribution in [1.29, 1.82) is 0 Å². The predicted molar refractivity (Wildman–Crippen MR) is 71.9 cm³/mol. The molecule has 0 radical (unpaired) electrons. The number of carbonyl (C=O) groups is 1. The molecule has 0 spiro atoms. The van der Waals surface area contributed by atoms with Crippen LogP contribution in [0.5, 0.6) is 0 Å². The summed E-state index contributed by atoms with van der Waals surface area (Å²) in [5.41, 5.74) is 0.393. The molecule has 5 heteroatoms. The first-order valence-corrected chi connectivity index (χ1v) is 7.34. The molecule has 2 rings (SSSR count). The van der Waals surface area contributed by atoms with Crippen molar-refractivity contribution in [2.75, 3.05) is 18.6 Å². The van der Waals surface area contributed by atoms with Crippen molar-refractivity contribution in [1.82, 2.24) is 4.90 Å². The SMILES string of the molecule is CN(C(=O)c1cc(F)ccc1Br)C1CCSC1. The lowest BCUT2D eigenvalue weighted by atomic mass is 10.1. The van der Waals surface area contributed by atoms with Crippen molar-refractivity contribution >= 4 is 33.6 Å². The van der Waals surface area contributed by atoms with E-state index in [2.05, 4.69) is 15.9 Å². The molecule has 0 bridgehead atoms. The minimum atomic E-state index is -0.384. The van der Waals surface area contributed by atoms with Gasteiger partial charge in [0, 0.05) is 23.3 Å². The van der Waals surface area contributed by atoms with Gasteiger partial charge in [0.15, 0.2) is 0 Å². The van der Waals surface area contributed by atoms with Crippen LogP contribution in [0.1, 0.15) is 16.8 Å². The average Bonchev–Trinajstić information content (AvgIpc) is 2.84. The van der Waals surface area contributed by atoms with Crippen LogP contribution in [-0.2, 0) is 0 Å². The van der Waals surface area contributed by atoms with Crippen LogP contribution in [0.15, 0.2) is 22.7 Å². The second-order valence-corrected chi connectivity index (χ2v) is 6.06. The van der Waals surface area contributed by atoms with Crippen LogP contribution in [-0.4, -0.2) is 35.4 Å². The Bertz CT molecular complexity index is 435. The van der Waals surface area contributed by atoms with Crippen LogP contribution >= 0.6 is 27.7 Å². The number of benzene rings is 1. The molecule has 1 amide bonds. The summed E-state index contributed by atoms with van der Waals surface area (Å²) in [6, 6.07) is 4.46. The molecular weight excluding hydrogens is 305 g/mol. The van der Waals surface area contributed by atoms with Crippen molar-refractivity contribution < 1.29 is 9.18 Å². The number of amides is 1. The molecule has 1 aliphatic rings. The van der Waals surface area contributed by atoms with Gasteiger partial charge in [0.05, 0.1) is 5.56 Å². The van der Waals surface area contributed by atoms with Gasteiger partial charge in [-0.2, -0.15) is 11.8 Å². The van der Waals surface area contributed by atoms with Crippen molar-refractivity contribution in [2.45, 2.75) is 12.5 Å². The van der Waals surface area contributed by atoms with Gasteiger partial charge >= 0.3 is 0 Å². The van der Waals surface area contributed by atoms with Gasteiger partial charge in [0.25, 0.3) is 5.91 Å². The summed E-state index contributed by atoms with van der Waals surface area (Å²) >= 11 is 5.14. The van der Waals surface area contributed by atoms with Crippen molar-refractivity contribution in [3.63, 3.8) is 0 Å². The standard InChI is InChI=1S/C12H13BrFNOS/c1-15(9-4-5-17-7-9)12(16)10-6-8(14)2-3-11(10)13/h2-3,6,9H,4-5,7H2,1H3. The number of hydrogen-bond donors (Lipinski definition) is 0. The fourth-order valence-corrected chi connectivity index (χ4v) is 3.53. The van der Waals surface area contributed by atoms with E-state index in [1.807, 2.05) is 11.8 Å². The third kappa shape index (κ3) is 2.83. The minimum absolute atomic E-state index is 0.121. The molecule has 0 saturated carbocycles. The highest BCUT2D eigenvalue weighted by Crippen LogP contribution is 2.25. The summed E-state index contributed by atoms with van der Waals surface area (Å²) in [6.45, 7) is 0. The molecule has 1 aromatic carbocycles. The van der Waals surface area contributed by atoms with E-state index in [1.165, 1.54) is 12.1 Å².